The highest BCUT2D eigenvalue weighted by molar-refractivity contribution is 14.1. The van der Waals surface area contributed by atoms with Gasteiger partial charge in [0.25, 0.3) is 5.91 Å². The second-order valence-electron chi connectivity index (χ2n) is 6.41. The van der Waals surface area contributed by atoms with Gasteiger partial charge in [-0.05, 0) is 108 Å². The molecule has 0 bridgehead atoms. The van der Waals surface area contributed by atoms with Gasteiger partial charge in [-0.25, -0.2) is 4.79 Å². The molecule has 2 N–H and O–H groups in total. The van der Waals surface area contributed by atoms with E-state index < -0.39 is 11.9 Å². The lowest BCUT2D eigenvalue weighted by molar-refractivity contribution is -0.132. The van der Waals surface area contributed by atoms with Gasteiger partial charge < -0.3 is 15.2 Å². The van der Waals surface area contributed by atoms with Gasteiger partial charge in [-0.1, -0.05) is 30.3 Å². The van der Waals surface area contributed by atoms with Crippen LogP contribution in [-0.4, -0.2) is 17.0 Å². The molecule has 0 aliphatic carbocycles. The Morgan fingerprint density at radius 1 is 1.00 bits per heavy atom. The number of benzene rings is 3. The molecule has 0 aliphatic rings. The van der Waals surface area contributed by atoms with Crippen molar-refractivity contribution < 1.29 is 19.4 Å². The average Bonchev–Trinajstić information content (AvgIpc) is 2.74. The number of amides is 1. The minimum atomic E-state index is -1.24. The lowest BCUT2D eigenvalue weighted by Crippen LogP contribution is -2.27. The monoisotopic (exact) mass is 655 g/mol. The summed E-state index contributed by atoms with van der Waals surface area (Å²) in [7, 11) is 0. The fraction of sp³-hybridized carbons (Fsp3) is 0.0435. The molecule has 1 amide bonds. The Morgan fingerprint density at radius 3 is 2.19 bits per heavy atom. The van der Waals surface area contributed by atoms with E-state index >= 15 is 0 Å². The molecular formula is C23H16Br2INO4. The normalized spacial score (nSPS) is 11.1. The standard InChI is InChI=1S/C23H16Br2INO4/c24-18-10-15(11-19(25)21(18)31-13-14-6-8-17(26)9-7-14)12-20(23(29)30)27-22(28)16-4-2-1-3-5-16/h1-12H,13H2,(H,27,28)(H,29,30). The maximum absolute atomic E-state index is 12.3. The minimum absolute atomic E-state index is 0.236. The van der Waals surface area contributed by atoms with Gasteiger partial charge in [0.1, 0.15) is 18.1 Å². The number of carboxylic acid groups (broad SMARTS) is 1. The molecule has 0 aliphatic heterocycles. The van der Waals surface area contributed by atoms with Gasteiger partial charge in [-0.2, -0.15) is 0 Å². The highest BCUT2D eigenvalue weighted by atomic mass is 127. The third-order valence-electron chi connectivity index (χ3n) is 4.14. The molecule has 3 aromatic carbocycles. The van der Waals surface area contributed by atoms with E-state index in [4.69, 9.17) is 4.74 Å². The number of carboxylic acids is 1. The Kier molecular flexibility index (Phi) is 8.28. The van der Waals surface area contributed by atoms with Crippen LogP contribution in [0.2, 0.25) is 0 Å². The van der Waals surface area contributed by atoms with E-state index in [1.807, 2.05) is 24.3 Å². The lowest BCUT2D eigenvalue weighted by Gasteiger charge is -2.12. The van der Waals surface area contributed by atoms with Crippen molar-refractivity contribution in [3.63, 3.8) is 0 Å². The quantitative estimate of drug-likeness (QED) is 0.233. The third-order valence-corrected chi connectivity index (χ3v) is 6.04. The van der Waals surface area contributed by atoms with Crippen LogP contribution >= 0.6 is 54.5 Å². The number of ether oxygens (including phenoxy) is 1. The fourth-order valence-electron chi connectivity index (χ4n) is 2.64. The van der Waals surface area contributed by atoms with E-state index in [2.05, 4.69) is 59.8 Å². The number of carbonyl (C=O) groups excluding carboxylic acids is 1. The molecule has 31 heavy (non-hydrogen) atoms. The van der Waals surface area contributed by atoms with Crippen molar-refractivity contribution >= 4 is 72.4 Å². The Labute approximate surface area is 209 Å². The van der Waals surface area contributed by atoms with E-state index in [0.717, 1.165) is 9.13 Å². The van der Waals surface area contributed by atoms with Crippen molar-refractivity contribution in [3.05, 3.63) is 102 Å². The van der Waals surface area contributed by atoms with Gasteiger partial charge in [-0.15, -0.1) is 0 Å². The summed E-state index contributed by atoms with van der Waals surface area (Å²) in [6.45, 7) is 0.386. The van der Waals surface area contributed by atoms with Crippen molar-refractivity contribution in [3.8, 4) is 5.75 Å². The number of hydrogen-bond acceptors (Lipinski definition) is 3. The zero-order chi connectivity index (χ0) is 22.4. The molecule has 0 spiro atoms. The molecule has 0 fully saturated rings. The molecule has 0 saturated carbocycles. The van der Waals surface area contributed by atoms with E-state index in [9.17, 15) is 14.7 Å². The first-order valence-electron chi connectivity index (χ1n) is 9.01. The summed E-state index contributed by atoms with van der Waals surface area (Å²) in [6.07, 6.45) is 1.39. The zero-order valence-electron chi connectivity index (χ0n) is 15.9. The maximum Gasteiger partial charge on any atom is 0.352 e. The first-order valence-corrected chi connectivity index (χ1v) is 11.7. The summed E-state index contributed by atoms with van der Waals surface area (Å²) in [6, 6.07) is 19.9. The van der Waals surface area contributed by atoms with Crippen molar-refractivity contribution in [2.24, 2.45) is 0 Å². The van der Waals surface area contributed by atoms with Gasteiger partial charge in [0.2, 0.25) is 0 Å². The molecule has 8 heteroatoms. The van der Waals surface area contributed by atoms with Crippen molar-refractivity contribution in [1.29, 1.82) is 0 Å². The van der Waals surface area contributed by atoms with Crippen LogP contribution in [0.15, 0.2) is 81.4 Å². The largest absolute Gasteiger partial charge is 0.487 e. The highest BCUT2D eigenvalue weighted by Crippen LogP contribution is 2.36. The van der Waals surface area contributed by atoms with Gasteiger partial charge in [0.15, 0.2) is 0 Å². The second kappa shape index (κ2) is 10.9. The van der Waals surface area contributed by atoms with Crippen LogP contribution in [0.1, 0.15) is 21.5 Å². The van der Waals surface area contributed by atoms with Crippen LogP contribution in [-0.2, 0) is 11.4 Å². The molecule has 3 aromatic rings. The highest BCUT2D eigenvalue weighted by Gasteiger charge is 2.15. The van der Waals surface area contributed by atoms with E-state index in [-0.39, 0.29) is 5.70 Å². The number of hydrogen-bond donors (Lipinski definition) is 2. The van der Waals surface area contributed by atoms with Crippen molar-refractivity contribution in [2.45, 2.75) is 6.61 Å². The number of nitrogens with one attached hydrogen (secondary N) is 1. The first-order chi connectivity index (χ1) is 14.8. The van der Waals surface area contributed by atoms with Crippen LogP contribution < -0.4 is 10.1 Å². The SMILES string of the molecule is O=C(O)C(=Cc1cc(Br)c(OCc2ccc(I)cc2)c(Br)c1)NC(=O)c1ccccc1. The van der Waals surface area contributed by atoms with Gasteiger partial charge >= 0.3 is 5.97 Å². The molecule has 0 unspecified atom stereocenters. The van der Waals surface area contributed by atoms with Crippen LogP contribution in [0.5, 0.6) is 5.75 Å². The van der Waals surface area contributed by atoms with Crippen molar-refractivity contribution in [1.82, 2.24) is 5.32 Å². The van der Waals surface area contributed by atoms with Crippen molar-refractivity contribution in [2.75, 3.05) is 0 Å². The summed E-state index contributed by atoms with van der Waals surface area (Å²) >= 11 is 9.20. The van der Waals surface area contributed by atoms with Crippen LogP contribution in [0.4, 0.5) is 0 Å². The molecule has 5 nitrogen and oxygen atoms in total. The van der Waals surface area contributed by atoms with Crippen LogP contribution in [0.3, 0.4) is 0 Å². The minimum Gasteiger partial charge on any atom is -0.487 e. The summed E-state index contributed by atoms with van der Waals surface area (Å²) < 4.78 is 8.37. The van der Waals surface area contributed by atoms with Gasteiger partial charge in [0, 0.05) is 9.13 Å². The molecule has 158 valence electrons. The van der Waals surface area contributed by atoms with Crippen LogP contribution in [0, 0.1) is 3.57 Å². The first kappa shape index (κ1) is 23.5. The number of carbonyl (C=O) groups is 2. The molecule has 3 rings (SSSR count). The van der Waals surface area contributed by atoms with E-state index in [0.29, 0.717) is 32.4 Å². The summed E-state index contributed by atoms with van der Waals surface area (Å²) in [5, 5.41) is 12.0. The molecule has 0 aromatic heterocycles. The predicted molar refractivity (Wildman–Crippen MR) is 135 cm³/mol. The topological polar surface area (TPSA) is 75.6 Å². The Balaban J connectivity index is 1.79. The average molecular weight is 657 g/mol. The van der Waals surface area contributed by atoms with Gasteiger partial charge in [-0.3, -0.25) is 4.79 Å². The fourth-order valence-corrected chi connectivity index (χ4v) is 4.45. The zero-order valence-corrected chi connectivity index (χ0v) is 21.3. The third kappa shape index (κ3) is 6.65. The number of aliphatic carboxylic acids is 1. The molecule has 0 radical (unpaired) electrons. The Hall–Kier alpha value is -2.17. The molecule has 0 heterocycles. The van der Waals surface area contributed by atoms with Gasteiger partial charge in [0.05, 0.1) is 8.95 Å². The Bertz CT molecular complexity index is 1110. The molecule has 0 atom stereocenters. The Morgan fingerprint density at radius 2 is 1.61 bits per heavy atom. The summed E-state index contributed by atoms with van der Waals surface area (Å²) in [5.74, 6) is -1.14. The van der Waals surface area contributed by atoms with E-state index in [1.54, 1.807) is 42.5 Å². The van der Waals surface area contributed by atoms with E-state index in [1.165, 1.54) is 6.08 Å². The maximum atomic E-state index is 12.3. The number of rotatable bonds is 7. The van der Waals surface area contributed by atoms with Crippen LogP contribution in [0.25, 0.3) is 6.08 Å². The summed E-state index contributed by atoms with van der Waals surface area (Å²) in [5.41, 5.74) is 1.74. The molecular weight excluding hydrogens is 641 g/mol. The predicted octanol–water partition coefficient (Wildman–Crippen LogP) is 6.25. The lowest BCUT2D eigenvalue weighted by atomic mass is 10.1. The number of halogens is 3. The summed E-state index contributed by atoms with van der Waals surface area (Å²) in [4.78, 5) is 24.0. The second-order valence-corrected chi connectivity index (χ2v) is 9.37. The smallest absolute Gasteiger partial charge is 0.352 e. The molecule has 0 saturated heterocycles.